The second-order valence-corrected chi connectivity index (χ2v) is 6.36. The van der Waals surface area contributed by atoms with Crippen molar-refractivity contribution in [2.45, 2.75) is 6.92 Å². The van der Waals surface area contributed by atoms with Crippen LogP contribution < -0.4 is 9.80 Å². The molecule has 5 nitrogen and oxygen atoms in total. The van der Waals surface area contributed by atoms with Gasteiger partial charge in [0.15, 0.2) is 0 Å². The van der Waals surface area contributed by atoms with Gasteiger partial charge in [0.2, 0.25) is 0 Å². The van der Waals surface area contributed by atoms with Gasteiger partial charge in [0, 0.05) is 54.7 Å². The van der Waals surface area contributed by atoms with E-state index in [0.29, 0.717) is 0 Å². The Kier molecular flexibility index (Phi) is 3.94. The molecule has 1 aliphatic heterocycles. The molecule has 4 rings (SSSR count). The standard InChI is InChI=1S/C18H18ClN5/c1-13-20-7-5-18(22-13)24-10-8-23(9-11-24)17-4-6-21-16-3-2-14(19)12-15(16)17/h2-7,12H,8-11H2,1H3. The van der Waals surface area contributed by atoms with Gasteiger partial charge in [-0.15, -0.1) is 0 Å². The molecule has 0 radical (unpaired) electrons. The molecular formula is C18H18ClN5. The molecule has 1 aliphatic rings. The van der Waals surface area contributed by atoms with E-state index < -0.39 is 0 Å². The molecule has 1 saturated heterocycles. The molecule has 3 heterocycles. The van der Waals surface area contributed by atoms with Crippen molar-refractivity contribution in [3.63, 3.8) is 0 Å². The van der Waals surface area contributed by atoms with Crippen LogP contribution in [0.15, 0.2) is 42.7 Å². The Morgan fingerprint density at radius 2 is 1.67 bits per heavy atom. The van der Waals surface area contributed by atoms with Gasteiger partial charge in [0.25, 0.3) is 0 Å². The van der Waals surface area contributed by atoms with Gasteiger partial charge in [-0.2, -0.15) is 0 Å². The van der Waals surface area contributed by atoms with Gasteiger partial charge in [-0.3, -0.25) is 4.98 Å². The van der Waals surface area contributed by atoms with Crippen molar-refractivity contribution >= 4 is 34.0 Å². The summed E-state index contributed by atoms with van der Waals surface area (Å²) in [4.78, 5) is 17.8. The van der Waals surface area contributed by atoms with Crippen LogP contribution in [-0.4, -0.2) is 41.1 Å². The Balaban J connectivity index is 1.57. The minimum absolute atomic E-state index is 0.742. The zero-order chi connectivity index (χ0) is 16.5. The van der Waals surface area contributed by atoms with E-state index in [1.165, 1.54) is 5.69 Å². The maximum atomic E-state index is 6.18. The third kappa shape index (κ3) is 2.87. The van der Waals surface area contributed by atoms with Crippen molar-refractivity contribution in [2.24, 2.45) is 0 Å². The van der Waals surface area contributed by atoms with E-state index in [9.17, 15) is 0 Å². The number of piperazine rings is 1. The predicted octanol–water partition coefficient (Wildman–Crippen LogP) is 3.31. The molecule has 2 aromatic heterocycles. The van der Waals surface area contributed by atoms with E-state index in [0.717, 1.165) is 53.7 Å². The van der Waals surface area contributed by atoms with Crippen molar-refractivity contribution in [3.8, 4) is 0 Å². The second-order valence-electron chi connectivity index (χ2n) is 5.93. The van der Waals surface area contributed by atoms with Crippen molar-refractivity contribution in [1.29, 1.82) is 0 Å². The molecule has 0 amide bonds. The molecule has 0 N–H and O–H groups in total. The quantitative estimate of drug-likeness (QED) is 0.716. The summed E-state index contributed by atoms with van der Waals surface area (Å²) >= 11 is 6.18. The number of anilines is 2. The number of halogens is 1. The molecule has 24 heavy (non-hydrogen) atoms. The van der Waals surface area contributed by atoms with E-state index in [1.807, 2.05) is 43.6 Å². The predicted molar refractivity (Wildman–Crippen MR) is 97.9 cm³/mol. The smallest absolute Gasteiger partial charge is 0.132 e. The van der Waals surface area contributed by atoms with Gasteiger partial charge in [-0.25, -0.2) is 9.97 Å². The molecule has 0 bridgehead atoms. The van der Waals surface area contributed by atoms with E-state index in [2.05, 4.69) is 30.8 Å². The zero-order valence-corrected chi connectivity index (χ0v) is 14.2. The summed E-state index contributed by atoms with van der Waals surface area (Å²) in [6.07, 6.45) is 3.69. The van der Waals surface area contributed by atoms with Gasteiger partial charge >= 0.3 is 0 Å². The maximum Gasteiger partial charge on any atom is 0.132 e. The van der Waals surface area contributed by atoms with Gasteiger partial charge in [0.05, 0.1) is 5.52 Å². The molecule has 0 aliphatic carbocycles. The number of nitrogens with zero attached hydrogens (tertiary/aromatic N) is 5. The minimum atomic E-state index is 0.742. The number of rotatable bonds is 2. The lowest BCUT2D eigenvalue weighted by atomic mass is 10.1. The number of aromatic nitrogens is 3. The summed E-state index contributed by atoms with van der Waals surface area (Å²) in [5.41, 5.74) is 2.17. The lowest BCUT2D eigenvalue weighted by Gasteiger charge is -2.37. The third-order valence-corrected chi connectivity index (χ3v) is 4.62. The molecule has 3 aromatic rings. The van der Waals surface area contributed by atoms with Crippen LogP contribution in [0.2, 0.25) is 5.02 Å². The van der Waals surface area contributed by atoms with Gasteiger partial charge in [0.1, 0.15) is 11.6 Å². The number of pyridine rings is 1. The minimum Gasteiger partial charge on any atom is -0.367 e. The number of fused-ring (bicyclic) bond motifs is 1. The van der Waals surface area contributed by atoms with Crippen LogP contribution in [0, 0.1) is 6.92 Å². The monoisotopic (exact) mass is 339 g/mol. The number of aryl methyl sites for hydroxylation is 1. The topological polar surface area (TPSA) is 45.2 Å². The van der Waals surface area contributed by atoms with Crippen LogP contribution in [0.1, 0.15) is 5.82 Å². The van der Waals surface area contributed by atoms with E-state index in [4.69, 9.17) is 11.6 Å². The van der Waals surface area contributed by atoms with Crippen LogP contribution >= 0.6 is 11.6 Å². The van der Waals surface area contributed by atoms with Crippen molar-refractivity contribution in [1.82, 2.24) is 15.0 Å². The summed E-state index contributed by atoms with van der Waals surface area (Å²) < 4.78 is 0. The first-order valence-electron chi connectivity index (χ1n) is 8.04. The highest BCUT2D eigenvalue weighted by Crippen LogP contribution is 2.29. The first-order chi connectivity index (χ1) is 11.7. The molecule has 0 atom stereocenters. The number of hydrogen-bond donors (Lipinski definition) is 0. The molecule has 0 spiro atoms. The first-order valence-corrected chi connectivity index (χ1v) is 8.42. The highest BCUT2D eigenvalue weighted by molar-refractivity contribution is 6.31. The molecule has 0 saturated carbocycles. The fraction of sp³-hybridized carbons (Fsp3) is 0.278. The average molecular weight is 340 g/mol. The van der Waals surface area contributed by atoms with Crippen LogP contribution in [0.25, 0.3) is 10.9 Å². The van der Waals surface area contributed by atoms with E-state index >= 15 is 0 Å². The first kappa shape index (κ1) is 15.1. The Morgan fingerprint density at radius 3 is 2.46 bits per heavy atom. The highest BCUT2D eigenvalue weighted by atomic mass is 35.5. The molecule has 1 aromatic carbocycles. The summed E-state index contributed by atoms with van der Waals surface area (Å²) in [5, 5.41) is 1.85. The lowest BCUT2D eigenvalue weighted by molar-refractivity contribution is 0.647. The van der Waals surface area contributed by atoms with Crippen molar-refractivity contribution in [3.05, 3.63) is 53.6 Å². The number of benzene rings is 1. The van der Waals surface area contributed by atoms with Gasteiger partial charge in [-0.1, -0.05) is 11.6 Å². The normalized spacial score (nSPS) is 15.1. The summed E-state index contributed by atoms with van der Waals surface area (Å²) in [6, 6.07) is 9.91. The zero-order valence-electron chi connectivity index (χ0n) is 13.5. The highest BCUT2D eigenvalue weighted by Gasteiger charge is 2.20. The molecular weight excluding hydrogens is 322 g/mol. The van der Waals surface area contributed by atoms with E-state index in [-0.39, 0.29) is 0 Å². The summed E-state index contributed by atoms with van der Waals surface area (Å²) in [6.45, 7) is 5.66. The van der Waals surface area contributed by atoms with Gasteiger partial charge < -0.3 is 9.80 Å². The Bertz CT molecular complexity index is 874. The van der Waals surface area contributed by atoms with E-state index in [1.54, 1.807) is 0 Å². The fourth-order valence-electron chi connectivity index (χ4n) is 3.18. The number of hydrogen-bond acceptors (Lipinski definition) is 5. The molecule has 122 valence electrons. The Morgan fingerprint density at radius 1 is 0.917 bits per heavy atom. The average Bonchev–Trinajstić information content (AvgIpc) is 2.61. The summed E-state index contributed by atoms with van der Waals surface area (Å²) in [7, 11) is 0. The summed E-state index contributed by atoms with van der Waals surface area (Å²) in [5.74, 6) is 1.81. The SMILES string of the molecule is Cc1nccc(N2CCN(c3ccnc4ccc(Cl)cc34)CC2)n1. The van der Waals surface area contributed by atoms with Crippen molar-refractivity contribution < 1.29 is 0 Å². The fourth-order valence-corrected chi connectivity index (χ4v) is 3.35. The van der Waals surface area contributed by atoms with Crippen LogP contribution in [-0.2, 0) is 0 Å². The third-order valence-electron chi connectivity index (χ3n) is 4.39. The largest absolute Gasteiger partial charge is 0.367 e. The Labute approximate surface area is 145 Å². The Hall–Kier alpha value is -2.40. The van der Waals surface area contributed by atoms with Gasteiger partial charge in [-0.05, 0) is 37.3 Å². The second kappa shape index (κ2) is 6.24. The molecule has 0 unspecified atom stereocenters. The van der Waals surface area contributed by atoms with Crippen LogP contribution in [0.4, 0.5) is 11.5 Å². The van der Waals surface area contributed by atoms with Crippen LogP contribution in [0.3, 0.4) is 0 Å². The molecule has 1 fully saturated rings. The van der Waals surface area contributed by atoms with Crippen LogP contribution in [0.5, 0.6) is 0 Å². The van der Waals surface area contributed by atoms with Crippen molar-refractivity contribution in [2.75, 3.05) is 36.0 Å². The maximum absolute atomic E-state index is 6.18. The molecule has 6 heteroatoms. The lowest BCUT2D eigenvalue weighted by Crippen LogP contribution is -2.47.